The number of carbonyl (C=O) groups is 2. The molecule has 14 heteroatoms. The number of Topliss-reactive ketones (excluding diaryl/α,β-unsaturated/α-hetero) is 1. The van der Waals surface area contributed by atoms with Gasteiger partial charge in [0.2, 0.25) is 0 Å². The van der Waals surface area contributed by atoms with Crippen LogP contribution in [0.3, 0.4) is 0 Å². The van der Waals surface area contributed by atoms with Crippen LogP contribution in [0.5, 0.6) is 0 Å². The highest BCUT2D eigenvalue weighted by molar-refractivity contribution is 7.93. The molecule has 2 aromatic heterocycles. The molecule has 1 aliphatic rings. The van der Waals surface area contributed by atoms with Gasteiger partial charge in [0.15, 0.2) is 10.9 Å². The van der Waals surface area contributed by atoms with Crippen LogP contribution in [0.2, 0.25) is 0 Å². The topological polar surface area (TPSA) is 160 Å². The molecule has 0 aliphatic heterocycles. The maximum absolute atomic E-state index is 13.7. The molecule has 0 radical (unpaired) electrons. The van der Waals surface area contributed by atoms with E-state index in [2.05, 4.69) is 36.2 Å². The Morgan fingerprint density at radius 3 is 2.68 bits per heavy atom. The number of ketones is 1. The van der Waals surface area contributed by atoms with Gasteiger partial charge in [0.25, 0.3) is 15.0 Å². The van der Waals surface area contributed by atoms with Gasteiger partial charge in [0.05, 0.1) is 11.9 Å². The van der Waals surface area contributed by atoms with Crippen LogP contribution in [0, 0.1) is 11.7 Å². The summed E-state index contributed by atoms with van der Waals surface area (Å²) in [7, 11) is -4.00. The summed E-state index contributed by atoms with van der Waals surface area (Å²) in [5, 5.41) is 16.4. The number of tetrazole rings is 1. The van der Waals surface area contributed by atoms with Crippen LogP contribution >= 0.6 is 11.3 Å². The molecule has 2 amide bonds. The predicted molar refractivity (Wildman–Crippen MR) is 107 cm³/mol. The number of thiazole rings is 1. The second-order valence-corrected chi connectivity index (χ2v) is 9.93. The zero-order chi connectivity index (χ0) is 22.0. The molecule has 0 spiro atoms. The molecule has 1 aliphatic carbocycles. The van der Waals surface area contributed by atoms with Crippen molar-refractivity contribution < 1.29 is 22.4 Å². The molecule has 0 atom stereocenters. The number of nitrogens with zero attached hydrogens (tertiary/aromatic N) is 4. The first kappa shape index (κ1) is 21.0. The highest BCUT2D eigenvalue weighted by Crippen LogP contribution is 2.31. The molecule has 31 heavy (non-hydrogen) atoms. The van der Waals surface area contributed by atoms with E-state index >= 15 is 0 Å². The van der Waals surface area contributed by atoms with Gasteiger partial charge >= 0.3 is 6.03 Å². The van der Waals surface area contributed by atoms with Gasteiger partial charge in [-0.1, -0.05) is 29.3 Å². The molecule has 2 heterocycles. The Kier molecular flexibility index (Phi) is 5.73. The number of halogens is 1. The first-order valence-electron chi connectivity index (χ1n) is 9.21. The number of anilines is 2. The van der Waals surface area contributed by atoms with Crippen molar-refractivity contribution in [3.63, 3.8) is 0 Å². The van der Waals surface area contributed by atoms with Crippen molar-refractivity contribution in [2.75, 3.05) is 10.6 Å². The summed E-state index contributed by atoms with van der Waals surface area (Å²) in [5.41, 5.74) is 0.259. The molecule has 1 fully saturated rings. The Hall–Kier alpha value is -3.26. The Morgan fingerprint density at radius 1 is 1.19 bits per heavy atom. The summed E-state index contributed by atoms with van der Waals surface area (Å²) >= 11 is 0.697. The normalized spacial score (nSPS) is 14.5. The minimum absolute atomic E-state index is 0.00525. The summed E-state index contributed by atoms with van der Waals surface area (Å²) in [5.74, 6) is -0.984. The van der Waals surface area contributed by atoms with E-state index in [9.17, 15) is 22.4 Å². The second-order valence-electron chi connectivity index (χ2n) is 6.81. The van der Waals surface area contributed by atoms with Crippen LogP contribution in [-0.2, 0) is 9.84 Å². The minimum atomic E-state index is -4.00. The number of nitrogens with one attached hydrogen (secondary N) is 3. The minimum Gasteiger partial charge on any atom is -0.307 e. The smallest absolute Gasteiger partial charge is 0.307 e. The maximum Gasteiger partial charge on any atom is 0.325 e. The number of aromatic nitrogens is 5. The number of urea groups is 1. The molecule has 162 valence electrons. The van der Waals surface area contributed by atoms with Crippen molar-refractivity contribution in [1.82, 2.24) is 25.6 Å². The van der Waals surface area contributed by atoms with E-state index in [4.69, 9.17) is 0 Å². The molecule has 4 rings (SSSR count). The molecule has 1 aromatic carbocycles. The summed E-state index contributed by atoms with van der Waals surface area (Å²) in [6.45, 7) is 0. The predicted octanol–water partition coefficient (Wildman–Crippen LogP) is 2.65. The first-order valence-corrected chi connectivity index (χ1v) is 11.5. The van der Waals surface area contributed by atoms with Gasteiger partial charge in [-0.05, 0) is 41.5 Å². The lowest BCUT2D eigenvalue weighted by molar-refractivity contribution is 0.0923. The largest absolute Gasteiger partial charge is 0.325 e. The molecule has 0 bridgehead atoms. The summed E-state index contributed by atoms with van der Waals surface area (Å²) in [4.78, 5) is 29.0. The van der Waals surface area contributed by atoms with Crippen molar-refractivity contribution in [3.8, 4) is 0 Å². The van der Waals surface area contributed by atoms with Crippen molar-refractivity contribution >= 4 is 43.8 Å². The van der Waals surface area contributed by atoms with E-state index in [1.165, 1.54) is 6.07 Å². The van der Waals surface area contributed by atoms with Crippen molar-refractivity contribution in [2.45, 2.75) is 35.0 Å². The average molecular weight is 465 g/mol. The molecular weight excluding hydrogens is 449 g/mol. The van der Waals surface area contributed by atoms with Gasteiger partial charge in [-0.2, -0.15) is 0 Å². The van der Waals surface area contributed by atoms with Gasteiger partial charge in [0.1, 0.15) is 10.0 Å². The van der Waals surface area contributed by atoms with Crippen molar-refractivity contribution in [1.29, 1.82) is 0 Å². The molecule has 0 unspecified atom stereocenters. The average Bonchev–Trinajstić information content (AvgIpc) is 3.50. The standard InChI is InChI=1S/C17H16FN7O4S2/c18-10-5-6-12(11(7-10)14(26)9-3-1-2-4-9)20-15(27)21-16-19-8-13(30-16)31(28,29)17-22-24-25-23-17/h5-9H,1-4H2,(H2,19,20,21,27)(H,22,23,24,25). The van der Waals surface area contributed by atoms with Crippen LogP contribution in [0.1, 0.15) is 36.0 Å². The quantitative estimate of drug-likeness (QED) is 0.468. The number of hydrogen-bond acceptors (Lipinski definition) is 9. The number of benzene rings is 1. The number of amides is 2. The maximum atomic E-state index is 13.7. The van der Waals surface area contributed by atoms with Gasteiger partial charge < -0.3 is 5.32 Å². The molecule has 1 saturated carbocycles. The van der Waals surface area contributed by atoms with Gasteiger partial charge in [-0.15, -0.1) is 0 Å². The SMILES string of the molecule is O=C(Nc1ncc(S(=O)(=O)c2nnn[nH]2)s1)Nc1ccc(F)cc1C(=O)C1CCCC1. The number of aromatic amines is 1. The Morgan fingerprint density at radius 2 is 1.97 bits per heavy atom. The second kappa shape index (κ2) is 8.47. The van der Waals surface area contributed by atoms with E-state index in [0.29, 0.717) is 11.3 Å². The molecule has 11 nitrogen and oxygen atoms in total. The summed E-state index contributed by atoms with van der Waals surface area (Å²) in [6, 6.07) is 2.80. The van der Waals surface area contributed by atoms with Crippen LogP contribution in [0.4, 0.5) is 20.0 Å². The van der Waals surface area contributed by atoms with Crippen molar-refractivity contribution in [3.05, 3.63) is 35.8 Å². The van der Waals surface area contributed by atoms with Crippen LogP contribution < -0.4 is 10.6 Å². The highest BCUT2D eigenvalue weighted by atomic mass is 32.2. The monoisotopic (exact) mass is 465 g/mol. The lowest BCUT2D eigenvalue weighted by Crippen LogP contribution is -2.22. The van der Waals surface area contributed by atoms with E-state index in [1.54, 1.807) is 0 Å². The zero-order valence-corrected chi connectivity index (χ0v) is 17.5. The Bertz CT molecular complexity index is 1220. The number of hydrogen-bond donors (Lipinski definition) is 3. The molecule has 3 aromatic rings. The Balaban J connectivity index is 1.49. The fraction of sp³-hybridized carbons (Fsp3) is 0.294. The van der Waals surface area contributed by atoms with Crippen LogP contribution in [0.25, 0.3) is 0 Å². The summed E-state index contributed by atoms with van der Waals surface area (Å²) in [6.07, 6.45) is 4.41. The van der Waals surface area contributed by atoms with E-state index in [-0.39, 0.29) is 32.3 Å². The van der Waals surface area contributed by atoms with E-state index in [1.807, 2.05) is 0 Å². The number of H-pyrrole nitrogens is 1. The fourth-order valence-corrected chi connectivity index (χ4v) is 5.43. The number of sulfone groups is 1. The fourth-order valence-electron chi connectivity index (χ4n) is 3.29. The lowest BCUT2D eigenvalue weighted by Gasteiger charge is -2.14. The highest BCUT2D eigenvalue weighted by Gasteiger charge is 2.27. The third kappa shape index (κ3) is 4.44. The molecule has 0 saturated heterocycles. The Labute approximate surface area is 179 Å². The molecule has 3 N–H and O–H groups in total. The van der Waals surface area contributed by atoms with Crippen molar-refractivity contribution in [2.24, 2.45) is 5.92 Å². The van der Waals surface area contributed by atoms with E-state index < -0.39 is 26.8 Å². The number of carbonyl (C=O) groups excluding carboxylic acids is 2. The van der Waals surface area contributed by atoms with Gasteiger partial charge in [-0.25, -0.2) is 27.7 Å². The number of rotatable bonds is 6. The van der Waals surface area contributed by atoms with Crippen LogP contribution in [-0.4, -0.2) is 45.8 Å². The first-order chi connectivity index (χ1) is 14.8. The van der Waals surface area contributed by atoms with Crippen LogP contribution in [0.15, 0.2) is 33.8 Å². The third-order valence-corrected chi connectivity index (χ3v) is 7.70. The van der Waals surface area contributed by atoms with E-state index in [0.717, 1.165) is 44.0 Å². The third-order valence-electron chi connectivity index (χ3n) is 4.77. The summed E-state index contributed by atoms with van der Waals surface area (Å²) < 4.78 is 38.3. The van der Waals surface area contributed by atoms with Gasteiger partial charge in [0, 0.05) is 11.5 Å². The lowest BCUT2D eigenvalue weighted by atomic mass is 9.95. The molecular formula is C17H16FN7O4S2. The zero-order valence-electron chi connectivity index (χ0n) is 15.8. The van der Waals surface area contributed by atoms with Gasteiger partial charge in [-0.3, -0.25) is 10.1 Å².